The van der Waals surface area contributed by atoms with Gasteiger partial charge in [0.25, 0.3) is 5.91 Å². The number of nitriles is 1. The summed E-state index contributed by atoms with van der Waals surface area (Å²) in [5.41, 5.74) is 8.94. The van der Waals surface area contributed by atoms with Crippen LogP contribution in [0.25, 0.3) is 11.4 Å². The summed E-state index contributed by atoms with van der Waals surface area (Å²) < 4.78 is 26.5. The zero-order valence-corrected chi connectivity index (χ0v) is 25.8. The molecule has 2 atom stereocenters. The summed E-state index contributed by atoms with van der Waals surface area (Å²) in [7, 11) is 0. The van der Waals surface area contributed by atoms with E-state index in [2.05, 4.69) is 53.3 Å². The molecule has 4 aliphatic heterocycles. The Balaban J connectivity index is 0.959. The van der Waals surface area contributed by atoms with Crippen molar-refractivity contribution in [1.82, 2.24) is 24.8 Å². The number of aromatic nitrogens is 3. The Morgan fingerprint density at radius 3 is 2.57 bits per heavy atom. The molecule has 242 valence electrons. The van der Waals surface area contributed by atoms with Crippen LogP contribution in [-0.4, -0.2) is 107 Å². The largest absolute Gasteiger partial charge is 0.486 e. The monoisotopic (exact) mass is 638 g/mol. The molecule has 1 amide bonds. The number of likely N-dealkylation sites (tertiary alicyclic amines) is 1. The third-order valence-corrected chi connectivity index (χ3v) is 8.95. The first kappa shape index (κ1) is 30.5. The average Bonchev–Trinajstić information content (AvgIpc) is 3.51. The van der Waals surface area contributed by atoms with Crippen LogP contribution >= 0.6 is 0 Å². The normalized spacial score (nSPS) is 21.8. The number of amidine groups is 1. The van der Waals surface area contributed by atoms with Gasteiger partial charge in [-0.25, -0.2) is 19.4 Å². The third-order valence-electron chi connectivity index (χ3n) is 8.95. The van der Waals surface area contributed by atoms with Crippen LogP contribution < -0.4 is 20.7 Å². The van der Waals surface area contributed by atoms with Gasteiger partial charge < -0.3 is 30.3 Å². The lowest BCUT2D eigenvalue weighted by Gasteiger charge is -2.43. The third kappa shape index (κ3) is 6.72. The molecule has 14 heteroatoms. The highest BCUT2D eigenvalue weighted by Gasteiger charge is 2.35. The fraction of sp³-hybridized carbons (Fsp3) is 0.394. The quantitative estimate of drug-likeness (QED) is 0.374. The Morgan fingerprint density at radius 1 is 1.09 bits per heavy atom. The highest BCUT2D eigenvalue weighted by atomic mass is 19.1. The number of carbonyl (C=O) groups excluding carboxylic acids is 1. The summed E-state index contributed by atoms with van der Waals surface area (Å²) in [6.45, 7) is 5.92. The average molecular weight is 639 g/mol. The van der Waals surface area contributed by atoms with Gasteiger partial charge in [0, 0.05) is 74.3 Å². The number of hydrogen-bond acceptors (Lipinski definition) is 12. The highest BCUT2D eigenvalue weighted by Crippen LogP contribution is 2.29. The number of hydrogen-bond donors (Lipinski definition) is 2. The Morgan fingerprint density at radius 2 is 1.89 bits per heavy atom. The van der Waals surface area contributed by atoms with E-state index in [9.17, 15) is 10.1 Å². The maximum atomic E-state index is 15.2. The number of nitrogens with two attached hydrogens (primary N) is 1. The molecule has 3 fully saturated rings. The molecule has 0 spiro atoms. The first-order chi connectivity index (χ1) is 22.9. The van der Waals surface area contributed by atoms with Crippen molar-refractivity contribution in [1.29, 1.82) is 5.26 Å². The van der Waals surface area contributed by atoms with Crippen molar-refractivity contribution in [2.75, 3.05) is 62.7 Å². The minimum atomic E-state index is -1.43. The number of rotatable bonds is 8. The number of carbonyl (C=O) groups is 1. The number of alkyl halides is 1. The first-order valence-electron chi connectivity index (χ1n) is 15.7. The van der Waals surface area contributed by atoms with Crippen LogP contribution in [0.4, 0.5) is 21.7 Å². The second-order valence-corrected chi connectivity index (χ2v) is 12.0. The molecule has 4 aliphatic rings. The van der Waals surface area contributed by atoms with E-state index in [1.165, 1.54) is 23.1 Å². The molecule has 5 heterocycles. The number of piperidine rings is 1. The summed E-state index contributed by atoms with van der Waals surface area (Å²) in [4.78, 5) is 36.1. The molecule has 7 rings (SSSR count). The molecular formula is C33H35FN10O3. The molecule has 0 saturated carbocycles. The number of benzene rings is 2. The van der Waals surface area contributed by atoms with E-state index >= 15 is 4.39 Å². The lowest BCUT2D eigenvalue weighted by Crippen LogP contribution is -2.56. The minimum Gasteiger partial charge on any atom is -0.486 e. The maximum Gasteiger partial charge on any atom is 0.251 e. The number of piperazine rings is 1. The molecule has 3 saturated heterocycles. The van der Waals surface area contributed by atoms with Gasteiger partial charge in [0.15, 0.2) is 12.0 Å². The highest BCUT2D eigenvalue weighted by molar-refractivity contribution is 6.02. The SMILES string of the molecule is N#Cc1cc(-c2ncnc(Nc3ccc(N4CCN(C5COC5)CC4)cc3)n2)ccc1O[C@H]1CCN(C(=O)C2=CN=C(N)C2)C[C@H]1F. The van der Waals surface area contributed by atoms with Crippen LogP contribution in [0.15, 0.2) is 65.6 Å². The fourth-order valence-corrected chi connectivity index (χ4v) is 6.16. The second-order valence-electron chi connectivity index (χ2n) is 12.0. The van der Waals surface area contributed by atoms with Crippen molar-refractivity contribution in [3.8, 4) is 23.2 Å². The van der Waals surface area contributed by atoms with Crippen LogP contribution in [0.2, 0.25) is 0 Å². The summed E-state index contributed by atoms with van der Waals surface area (Å²) in [5.74, 6) is 1.09. The fourth-order valence-electron chi connectivity index (χ4n) is 6.16. The van der Waals surface area contributed by atoms with Crippen molar-refractivity contribution >= 4 is 29.1 Å². The topological polar surface area (TPSA) is 158 Å². The van der Waals surface area contributed by atoms with Gasteiger partial charge in [-0.15, -0.1) is 0 Å². The number of nitrogens with one attached hydrogen (secondary N) is 1. The van der Waals surface area contributed by atoms with Crippen LogP contribution in [0.5, 0.6) is 5.75 Å². The van der Waals surface area contributed by atoms with E-state index in [1.807, 2.05) is 12.1 Å². The van der Waals surface area contributed by atoms with E-state index in [0.717, 1.165) is 45.1 Å². The van der Waals surface area contributed by atoms with Gasteiger partial charge in [-0.1, -0.05) is 0 Å². The second kappa shape index (κ2) is 13.3. The van der Waals surface area contributed by atoms with Gasteiger partial charge in [0.05, 0.1) is 31.4 Å². The van der Waals surface area contributed by atoms with E-state index < -0.39 is 12.3 Å². The van der Waals surface area contributed by atoms with Crippen LogP contribution in [0.1, 0.15) is 18.4 Å². The molecule has 0 radical (unpaired) electrons. The number of halogens is 1. The van der Waals surface area contributed by atoms with Gasteiger partial charge in [0.1, 0.15) is 30.1 Å². The molecule has 47 heavy (non-hydrogen) atoms. The molecule has 0 bridgehead atoms. The number of aliphatic imine (C=N–C) groups is 1. The minimum absolute atomic E-state index is 0.113. The zero-order valence-electron chi connectivity index (χ0n) is 25.8. The van der Waals surface area contributed by atoms with Gasteiger partial charge in [-0.05, 0) is 42.5 Å². The predicted octanol–water partition coefficient (Wildman–Crippen LogP) is 2.64. The Labute approximate surface area is 271 Å². The summed E-state index contributed by atoms with van der Waals surface area (Å²) >= 11 is 0. The van der Waals surface area contributed by atoms with Gasteiger partial charge in [-0.2, -0.15) is 10.2 Å². The number of amides is 1. The predicted molar refractivity (Wildman–Crippen MR) is 173 cm³/mol. The van der Waals surface area contributed by atoms with Crippen LogP contribution in [0, 0.1) is 11.3 Å². The maximum absolute atomic E-state index is 15.2. The van der Waals surface area contributed by atoms with E-state index in [-0.39, 0.29) is 36.6 Å². The first-order valence-corrected chi connectivity index (χ1v) is 15.7. The molecule has 3 aromatic rings. The molecule has 1 aromatic heterocycles. The molecule has 13 nitrogen and oxygen atoms in total. The molecular weight excluding hydrogens is 603 g/mol. The van der Waals surface area contributed by atoms with Gasteiger partial charge in [-0.3, -0.25) is 9.69 Å². The summed E-state index contributed by atoms with van der Waals surface area (Å²) in [5, 5.41) is 13.1. The Kier molecular flexibility index (Phi) is 8.64. The van der Waals surface area contributed by atoms with Crippen molar-refractivity contribution in [3.63, 3.8) is 0 Å². The molecule has 0 unspecified atom stereocenters. The van der Waals surface area contributed by atoms with E-state index in [1.54, 1.807) is 18.2 Å². The Bertz CT molecular complexity index is 1730. The van der Waals surface area contributed by atoms with Crippen LogP contribution in [-0.2, 0) is 9.53 Å². The lowest BCUT2D eigenvalue weighted by atomic mass is 10.0. The van der Waals surface area contributed by atoms with E-state index in [0.29, 0.717) is 41.3 Å². The molecule has 2 aromatic carbocycles. The zero-order chi connectivity index (χ0) is 32.3. The summed E-state index contributed by atoms with van der Waals surface area (Å²) in [6.07, 6.45) is 1.16. The van der Waals surface area contributed by atoms with E-state index in [4.69, 9.17) is 15.2 Å². The van der Waals surface area contributed by atoms with Gasteiger partial charge >= 0.3 is 0 Å². The van der Waals surface area contributed by atoms with Crippen LogP contribution in [0.3, 0.4) is 0 Å². The smallest absolute Gasteiger partial charge is 0.251 e. The van der Waals surface area contributed by atoms with Crippen molar-refractivity contribution in [3.05, 3.63) is 66.1 Å². The number of anilines is 3. The standard InChI is InChI=1S/C33H35FN10O3/c34-27-17-44(32(45)23-14-30(36)37-16-23)8-7-29(27)47-28-6-1-21(13-22(28)15-35)31-38-20-39-33(41-31)40-24-2-4-25(5-3-24)42-9-11-43(12-10-42)26-18-46-19-26/h1-6,13,16,20,26-27,29H,7-12,14,17-19H2,(H2,36,37)(H,38,39,40,41)/t27-,29+/m1/s1. The van der Waals surface area contributed by atoms with Crippen molar-refractivity contribution in [2.24, 2.45) is 10.7 Å². The number of ether oxygens (including phenoxy) is 2. The number of nitrogens with zero attached hydrogens (tertiary/aromatic N) is 8. The van der Waals surface area contributed by atoms with Crippen molar-refractivity contribution < 1.29 is 18.7 Å². The Hall–Kier alpha value is -5.13. The molecule has 0 aliphatic carbocycles. The lowest BCUT2D eigenvalue weighted by molar-refractivity contribution is -0.131. The van der Waals surface area contributed by atoms with Crippen molar-refractivity contribution in [2.45, 2.75) is 31.2 Å². The van der Waals surface area contributed by atoms with Gasteiger partial charge in [0.2, 0.25) is 5.95 Å². The molecule has 3 N–H and O–H groups in total. The summed E-state index contributed by atoms with van der Waals surface area (Å²) in [6, 6.07) is 15.8.